The van der Waals surface area contributed by atoms with Crippen molar-refractivity contribution in [2.45, 2.75) is 70.8 Å². The van der Waals surface area contributed by atoms with E-state index in [0.29, 0.717) is 0 Å². The molecule has 0 aliphatic rings. The molecule has 1 N–H and O–H groups in total. The van der Waals surface area contributed by atoms with E-state index in [4.69, 9.17) is 5.11 Å². The van der Waals surface area contributed by atoms with Crippen LogP contribution >= 0.6 is 0 Å². The number of carbonyl (C=O) groups excluding carboxylic acids is 1. The summed E-state index contributed by atoms with van der Waals surface area (Å²) in [6.45, 7) is 1.74. The van der Waals surface area contributed by atoms with E-state index in [0.717, 1.165) is 44.9 Å². The summed E-state index contributed by atoms with van der Waals surface area (Å²) in [7, 11) is 0. The minimum Gasteiger partial charge on any atom is -0.550 e. The van der Waals surface area contributed by atoms with Gasteiger partial charge in [0.15, 0.2) is 0 Å². The Morgan fingerprint density at radius 1 is 0.955 bits per heavy atom. The summed E-state index contributed by atoms with van der Waals surface area (Å²) >= 11 is 0. The Labute approximate surface area is 178 Å². The maximum atomic E-state index is 10.2. The van der Waals surface area contributed by atoms with E-state index in [-0.39, 0.29) is 63.9 Å². The Balaban J connectivity index is 0. The Morgan fingerprint density at radius 3 is 2.14 bits per heavy atom. The van der Waals surface area contributed by atoms with E-state index in [1.165, 1.54) is 6.42 Å². The molecule has 0 aromatic carbocycles. The van der Waals surface area contributed by atoms with Gasteiger partial charge in [-0.1, -0.05) is 55.7 Å². The van der Waals surface area contributed by atoms with Gasteiger partial charge in [-0.25, -0.2) is 0 Å². The normalized spacial score (nSPS) is 13.0. The van der Waals surface area contributed by atoms with Gasteiger partial charge in [-0.3, -0.25) is 0 Å². The number of aliphatic carboxylic acids is 1. The predicted octanol–water partition coefficient (Wildman–Crippen LogP) is 0.301. The molecule has 0 aromatic heterocycles. The molecular weight excluding hydrogens is 303 g/mol. The first-order valence-electron chi connectivity index (χ1n) is 7.97. The van der Waals surface area contributed by atoms with Gasteiger partial charge in [-0.2, -0.15) is 0 Å². The molecule has 0 amide bonds. The molecule has 0 rings (SSSR count). The van der Waals surface area contributed by atoms with Gasteiger partial charge in [-0.05, 0) is 45.4 Å². The zero-order valence-electron chi connectivity index (χ0n) is 14.2. The Bertz CT molecular complexity index is 333. The third kappa shape index (κ3) is 22.6. The van der Waals surface area contributed by atoms with Gasteiger partial charge < -0.3 is 15.0 Å². The molecule has 0 fully saturated rings. The number of unbranched alkanes of at least 4 members (excludes halogenated alkanes) is 5. The van der Waals surface area contributed by atoms with E-state index in [1.54, 1.807) is 13.0 Å². The van der Waals surface area contributed by atoms with Gasteiger partial charge in [0.1, 0.15) is 0 Å². The van der Waals surface area contributed by atoms with Crippen LogP contribution in [0.3, 0.4) is 0 Å². The van der Waals surface area contributed by atoms with Gasteiger partial charge >= 0.3 is 51.4 Å². The standard InChI is InChI=1S/C18H30O3.K/c1-17(19)15-13-11-9-7-5-3-2-4-6-8-10-12-14-16-18(20)21;/h2-3,7,9,13,15,17,19H,4-6,8,10-12,14,16H2,1H3,(H,20,21);/q;+1/p-1/b3-2-,9-7-,15-13-;. The van der Waals surface area contributed by atoms with Crippen LogP contribution in [0, 0.1) is 0 Å². The first-order chi connectivity index (χ1) is 10.1. The quantitative estimate of drug-likeness (QED) is 0.300. The fourth-order valence-electron chi connectivity index (χ4n) is 1.90. The monoisotopic (exact) mass is 332 g/mol. The second kappa shape index (κ2) is 19.3. The third-order valence-corrected chi connectivity index (χ3v) is 3.04. The van der Waals surface area contributed by atoms with E-state index >= 15 is 0 Å². The van der Waals surface area contributed by atoms with Crippen molar-refractivity contribution in [3.05, 3.63) is 36.5 Å². The van der Waals surface area contributed by atoms with E-state index in [1.807, 2.05) is 6.08 Å². The van der Waals surface area contributed by atoms with Crippen molar-refractivity contribution < 1.29 is 66.4 Å². The molecule has 0 aromatic rings. The number of aliphatic hydroxyl groups excluding tert-OH is 1. The van der Waals surface area contributed by atoms with E-state index in [2.05, 4.69) is 24.3 Å². The van der Waals surface area contributed by atoms with Crippen molar-refractivity contribution in [1.29, 1.82) is 0 Å². The van der Waals surface area contributed by atoms with Crippen LogP contribution in [-0.4, -0.2) is 17.2 Å². The molecule has 0 spiro atoms. The zero-order valence-corrected chi connectivity index (χ0v) is 17.3. The Morgan fingerprint density at radius 2 is 1.50 bits per heavy atom. The summed E-state index contributed by atoms with van der Waals surface area (Å²) in [4.78, 5) is 10.2. The maximum absolute atomic E-state index is 10.2. The van der Waals surface area contributed by atoms with Crippen LogP contribution in [0.15, 0.2) is 36.5 Å². The van der Waals surface area contributed by atoms with E-state index < -0.39 is 5.97 Å². The number of carbonyl (C=O) groups is 1. The third-order valence-electron chi connectivity index (χ3n) is 3.04. The van der Waals surface area contributed by atoms with Crippen molar-refractivity contribution in [3.63, 3.8) is 0 Å². The van der Waals surface area contributed by atoms with Crippen molar-refractivity contribution >= 4 is 5.97 Å². The van der Waals surface area contributed by atoms with Crippen molar-refractivity contribution in [2.75, 3.05) is 0 Å². The first-order valence-corrected chi connectivity index (χ1v) is 7.97. The molecule has 0 radical (unpaired) electrons. The van der Waals surface area contributed by atoms with Crippen molar-refractivity contribution in [1.82, 2.24) is 0 Å². The number of hydrogen-bond acceptors (Lipinski definition) is 3. The van der Waals surface area contributed by atoms with Crippen LogP contribution in [0.25, 0.3) is 0 Å². The first kappa shape index (κ1) is 24.5. The minimum atomic E-state index is -0.938. The largest absolute Gasteiger partial charge is 1.00 e. The SMILES string of the molecule is CC(O)/C=C\C/C=C\C/C=C\CCCCCCCC(=O)[O-].[K+]. The molecule has 120 valence electrons. The van der Waals surface area contributed by atoms with Gasteiger partial charge in [0.25, 0.3) is 0 Å². The van der Waals surface area contributed by atoms with Crippen LogP contribution < -0.4 is 56.5 Å². The fraction of sp³-hybridized carbons (Fsp3) is 0.611. The summed E-state index contributed by atoms with van der Waals surface area (Å²) < 4.78 is 0. The number of carboxylic acid groups (broad SMARTS) is 1. The summed E-state index contributed by atoms with van der Waals surface area (Å²) in [5.74, 6) is -0.938. The number of aliphatic hydroxyl groups is 1. The van der Waals surface area contributed by atoms with Crippen LogP contribution in [0.5, 0.6) is 0 Å². The second-order valence-corrected chi connectivity index (χ2v) is 5.26. The molecule has 1 atom stereocenters. The van der Waals surface area contributed by atoms with Crippen LogP contribution in [0.2, 0.25) is 0 Å². The molecule has 1 unspecified atom stereocenters. The molecule has 0 aliphatic carbocycles. The average Bonchev–Trinajstić information content (AvgIpc) is 2.42. The predicted molar refractivity (Wildman–Crippen MR) is 85.7 cm³/mol. The minimum absolute atomic E-state index is 0. The number of carboxylic acids is 1. The van der Waals surface area contributed by atoms with Gasteiger partial charge in [0.2, 0.25) is 0 Å². The number of rotatable bonds is 13. The van der Waals surface area contributed by atoms with E-state index in [9.17, 15) is 9.90 Å². The summed E-state index contributed by atoms with van der Waals surface area (Å²) in [6, 6.07) is 0. The molecule has 0 heterocycles. The summed E-state index contributed by atoms with van der Waals surface area (Å²) in [5.41, 5.74) is 0. The molecule has 0 saturated heterocycles. The second-order valence-electron chi connectivity index (χ2n) is 5.26. The summed E-state index contributed by atoms with van der Waals surface area (Å²) in [6.07, 6.45) is 20.3. The van der Waals surface area contributed by atoms with Crippen molar-refractivity contribution in [2.24, 2.45) is 0 Å². The number of allylic oxidation sites excluding steroid dienone is 5. The molecule has 0 saturated carbocycles. The topological polar surface area (TPSA) is 60.4 Å². The average molecular weight is 333 g/mol. The Kier molecular flexibility index (Phi) is 21.6. The summed E-state index contributed by atoms with van der Waals surface area (Å²) in [5, 5.41) is 19.2. The van der Waals surface area contributed by atoms with Crippen LogP contribution in [0.1, 0.15) is 64.7 Å². The molecule has 3 nitrogen and oxygen atoms in total. The van der Waals surface area contributed by atoms with Crippen LogP contribution in [0.4, 0.5) is 0 Å². The fourth-order valence-corrected chi connectivity index (χ4v) is 1.90. The molecular formula is C18H29KO3. The molecule has 0 bridgehead atoms. The van der Waals surface area contributed by atoms with Gasteiger partial charge in [0, 0.05) is 5.97 Å². The van der Waals surface area contributed by atoms with Gasteiger partial charge in [0.05, 0.1) is 6.10 Å². The van der Waals surface area contributed by atoms with Crippen LogP contribution in [-0.2, 0) is 4.79 Å². The van der Waals surface area contributed by atoms with Gasteiger partial charge in [-0.15, -0.1) is 0 Å². The zero-order chi connectivity index (χ0) is 15.8. The number of hydrogen-bond donors (Lipinski definition) is 1. The molecule has 22 heavy (non-hydrogen) atoms. The smallest absolute Gasteiger partial charge is 0.550 e. The Hall–Kier alpha value is 0.286. The maximum Gasteiger partial charge on any atom is 1.00 e. The molecule has 0 aliphatic heterocycles. The molecule has 4 heteroatoms. The van der Waals surface area contributed by atoms with Crippen molar-refractivity contribution in [3.8, 4) is 0 Å².